The minimum absolute atomic E-state index is 0.249. The summed E-state index contributed by atoms with van der Waals surface area (Å²) in [7, 11) is 0. The quantitative estimate of drug-likeness (QED) is 0.553. The maximum Gasteiger partial charge on any atom is 0.345 e. The van der Waals surface area contributed by atoms with E-state index in [0.29, 0.717) is 6.42 Å². The largest absolute Gasteiger partial charge is 0.345 e. The fourth-order valence-electron chi connectivity index (χ4n) is 0.197. The van der Waals surface area contributed by atoms with Gasteiger partial charge in [-0.15, -0.1) is 3.89 Å². The molecule has 0 heterocycles. The molecule has 50 valence electrons. The molecule has 8 heavy (non-hydrogen) atoms. The van der Waals surface area contributed by atoms with E-state index in [1.807, 2.05) is 6.92 Å². The fourth-order valence-corrected chi connectivity index (χ4v) is 0.592. The number of hydrogen-bond acceptors (Lipinski definition) is 2. The monoisotopic (exact) mass is 140 g/mol. The highest BCUT2D eigenvalue weighted by atomic mass is 32.2. The topological polar surface area (TPSA) is 26.3 Å². The Morgan fingerprint density at radius 3 is 2.50 bits per heavy atom. The SMILES string of the molecule is CCC(C)OS(=O)F. The third-order valence-electron chi connectivity index (χ3n) is 0.815. The Kier molecular flexibility index (Phi) is 3.99. The third-order valence-corrected chi connectivity index (χ3v) is 1.29. The van der Waals surface area contributed by atoms with Gasteiger partial charge >= 0.3 is 11.5 Å². The van der Waals surface area contributed by atoms with E-state index < -0.39 is 11.5 Å². The van der Waals surface area contributed by atoms with Gasteiger partial charge in [-0.1, -0.05) is 6.92 Å². The average molecular weight is 140 g/mol. The Balaban J connectivity index is 3.24. The van der Waals surface area contributed by atoms with Gasteiger partial charge in [-0.05, 0) is 13.3 Å². The van der Waals surface area contributed by atoms with E-state index in [-0.39, 0.29) is 6.10 Å². The second-order valence-corrected chi connectivity index (χ2v) is 2.09. The van der Waals surface area contributed by atoms with Gasteiger partial charge in [0.15, 0.2) is 0 Å². The van der Waals surface area contributed by atoms with Crippen LogP contribution in [0.15, 0.2) is 0 Å². The molecule has 0 aliphatic carbocycles. The summed E-state index contributed by atoms with van der Waals surface area (Å²) in [6.07, 6.45) is 0.427. The first-order valence-corrected chi connectivity index (χ1v) is 3.39. The first-order chi connectivity index (χ1) is 3.66. The molecule has 4 heteroatoms. The second-order valence-electron chi connectivity index (χ2n) is 1.51. The molecule has 0 N–H and O–H groups in total. The molecule has 0 amide bonds. The van der Waals surface area contributed by atoms with E-state index in [0.717, 1.165) is 0 Å². The van der Waals surface area contributed by atoms with Crippen LogP contribution in [0.3, 0.4) is 0 Å². The van der Waals surface area contributed by atoms with Crippen molar-refractivity contribution >= 4 is 11.5 Å². The van der Waals surface area contributed by atoms with Crippen LogP contribution in [0, 0.1) is 0 Å². The summed E-state index contributed by atoms with van der Waals surface area (Å²) in [6.45, 7) is 3.50. The zero-order chi connectivity index (χ0) is 6.57. The Bertz CT molecular complexity index is 86.1. The number of rotatable bonds is 3. The lowest BCUT2D eigenvalue weighted by Crippen LogP contribution is -2.05. The molecule has 2 nitrogen and oxygen atoms in total. The van der Waals surface area contributed by atoms with E-state index in [1.165, 1.54) is 0 Å². The van der Waals surface area contributed by atoms with Crippen LogP contribution >= 0.6 is 0 Å². The summed E-state index contributed by atoms with van der Waals surface area (Å²) in [4.78, 5) is 0. The molecule has 0 aromatic heterocycles. The van der Waals surface area contributed by atoms with Gasteiger partial charge in [0.2, 0.25) is 0 Å². The fraction of sp³-hybridized carbons (Fsp3) is 1.00. The van der Waals surface area contributed by atoms with Gasteiger partial charge in [0.05, 0.1) is 6.10 Å². The molecular weight excluding hydrogens is 131 g/mol. The van der Waals surface area contributed by atoms with Gasteiger partial charge in [-0.2, -0.15) is 4.21 Å². The van der Waals surface area contributed by atoms with Crippen LogP contribution in [0.25, 0.3) is 0 Å². The smallest absolute Gasteiger partial charge is 0.262 e. The zero-order valence-electron chi connectivity index (χ0n) is 4.89. The molecule has 2 unspecified atom stereocenters. The zero-order valence-corrected chi connectivity index (χ0v) is 5.70. The van der Waals surface area contributed by atoms with E-state index in [2.05, 4.69) is 4.18 Å². The van der Waals surface area contributed by atoms with Crippen molar-refractivity contribution in [3.05, 3.63) is 0 Å². The molecule has 0 saturated heterocycles. The Hall–Kier alpha value is 0.0400. The maximum atomic E-state index is 11.4. The average Bonchev–Trinajstić information content (AvgIpc) is 1.65. The summed E-state index contributed by atoms with van der Waals surface area (Å²) < 4.78 is 25.2. The maximum absolute atomic E-state index is 11.4. The van der Waals surface area contributed by atoms with Crippen LogP contribution in [-0.2, 0) is 15.6 Å². The molecule has 0 bridgehead atoms. The van der Waals surface area contributed by atoms with Crippen molar-refractivity contribution in [2.75, 3.05) is 0 Å². The molecule has 0 aliphatic rings. The van der Waals surface area contributed by atoms with Crippen molar-refractivity contribution in [2.24, 2.45) is 0 Å². The van der Waals surface area contributed by atoms with Gasteiger partial charge in [0, 0.05) is 0 Å². The summed E-state index contributed by atoms with van der Waals surface area (Å²) in [5.41, 5.74) is 0. The van der Waals surface area contributed by atoms with Crippen molar-refractivity contribution in [3.8, 4) is 0 Å². The number of halogens is 1. The van der Waals surface area contributed by atoms with Crippen molar-refractivity contribution in [3.63, 3.8) is 0 Å². The molecule has 0 radical (unpaired) electrons. The molecular formula is C4H9FO2S. The van der Waals surface area contributed by atoms with Crippen molar-refractivity contribution in [2.45, 2.75) is 26.4 Å². The molecule has 0 fully saturated rings. The molecule has 0 rings (SSSR count). The van der Waals surface area contributed by atoms with Crippen molar-refractivity contribution in [1.29, 1.82) is 0 Å². The van der Waals surface area contributed by atoms with Gasteiger partial charge in [-0.3, -0.25) is 4.18 Å². The molecule has 0 spiro atoms. The van der Waals surface area contributed by atoms with Crippen molar-refractivity contribution in [1.82, 2.24) is 0 Å². The highest BCUT2D eigenvalue weighted by molar-refractivity contribution is 7.74. The van der Waals surface area contributed by atoms with Crippen LogP contribution in [0.5, 0.6) is 0 Å². The predicted molar refractivity (Wildman–Crippen MR) is 30.1 cm³/mol. The minimum atomic E-state index is -2.60. The van der Waals surface area contributed by atoms with Gasteiger partial charge < -0.3 is 0 Å². The predicted octanol–water partition coefficient (Wildman–Crippen LogP) is 1.35. The summed E-state index contributed by atoms with van der Waals surface area (Å²) in [5, 5.41) is 0. The van der Waals surface area contributed by atoms with E-state index in [1.54, 1.807) is 6.92 Å². The molecule has 0 aromatic rings. The van der Waals surface area contributed by atoms with Crippen LogP contribution in [0.2, 0.25) is 0 Å². The van der Waals surface area contributed by atoms with Gasteiger partial charge in [0.1, 0.15) is 0 Å². The lowest BCUT2D eigenvalue weighted by atomic mass is 10.3. The first-order valence-electron chi connectivity index (χ1n) is 2.42. The van der Waals surface area contributed by atoms with Crippen molar-refractivity contribution < 1.29 is 12.3 Å². The molecule has 0 aliphatic heterocycles. The van der Waals surface area contributed by atoms with E-state index in [9.17, 15) is 8.09 Å². The number of hydrogen-bond donors (Lipinski definition) is 0. The standard InChI is InChI=1S/C4H9FO2S/c1-3-4(2)7-8(5)6/h4H,3H2,1-2H3. The van der Waals surface area contributed by atoms with Gasteiger partial charge in [-0.25, -0.2) is 0 Å². The molecule has 2 atom stereocenters. The third kappa shape index (κ3) is 4.21. The molecule has 0 aromatic carbocycles. The normalized spacial score (nSPS) is 17.9. The Morgan fingerprint density at radius 2 is 2.38 bits per heavy atom. The summed E-state index contributed by atoms with van der Waals surface area (Å²) in [5.74, 6) is 0. The van der Waals surface area contributed by atoms with Gasteiger partial charge in [0.25, 0.3) is 0 Å². The van der Waals surface area contributed by atoms with E-state index >= 15 is 0 Å². The molecule has 0 saturated carbocycles. The lowest BCUT2D eigenvalue weighted by molar-refractivity contribution is 0.230. The highest BCUT2D eigenvalue weighted by Gasteiger charge is 2.02. The minimum Gasteiger partial charge on any atom is -0.262 e. The van der Waals surface area contributed by atoms with Crippen LogP contribution in [0.4, 0.5) is 3.89 Å². The Morgan fingerprint density at radius 1 is 1.88 bits per heavy atom. The van der Waals surface area contributed by atoms with E-state index in [4.69, 9.17) is 0 Å². The summed E-state index contributed by atoms with van der Waals surface area (Å²) in [6, 6.07) is 0. The second kappa shape index (κ2) is 3.97. The summed E-state index contributed by atoms with van der Waals surface area (Å²) >= 11 is -2.60. The van der Waals surface area contributed by atoms with Crippen LogP contribution in [0.1, 0.15) is 20.3 Å². The first kappa shape index (κ1) is 8.04. The lowest BCUT2D eigenvalue weighted by Gasteiger charge is -2.01. The highest BCUT2D eigenvalue weighted by Crippen LogP contribution is 1.98. The Labute approximate surface area is 51.0 Å². The van der Waals surface area contributed by atoms with Crippen LogP contribution in [-0.4, -0.2) is 10.3 Å². The van der Waals surface area contributed by atoms with Crippen LogP contribution < -0.4 is 0 Å².